The molecule has 1 N–H and O–H groups in total. The summed E-state index contributed by atoms with van der Waals surface area (Å²) in [6.45, 7) is 3.05. The van der Waals surface area contributed by atoms with E-state index in [0.717, 1.165) is 31.0 Å². The summed E-state index contributed by atoms with van der Waals surface area (Å²) < 4.78 is 7.25. The van der Waals surface area contributed by atoms with Crippen LogP contribution in [0.3, 0.4) is 0 Å². The van der Waals surface area contributed by atoms with Crippen LogP contribution in [-0.2, 0) is 19.9 Å². The van der Waals surface area contributed by atoms with Gasteiger partial charge >= 0.3 is 0 Å². The van der Waals surface area contributed by atoms with E-state index in [9.17, 15) is 0 Å². The molecule has 2 aromatic rings. The number of aryl methyl sites for hydroxylation is 1. The Bertz CT molecular complexity index is 435. The van der Waals surface area contributed by atoms with Crippen molar-refractivity contribution in [2.75, 3.05) is 6.54 Å². The van der Waals surface area contributed by atoms with Gasteiger partial charge in [0.1, 0.15) is 17.9 Å². The number of furan rings is 1. The molecule has 2 heterocycles. The van der Waals surface area contributed by atoms with Gasteiger partial charge in [-0.3, -0.25) is 0 Å². The predicted molar refractivity (Wildman–Crippen MR) is 64.6 cm³/mol. The monoisotopic (exact) mass is 234 g/mol. The molecule has 1 unspecified atom stereocenters. The Morgan fingerprint density at radius 2 is 2.41 bits per heavy atom. The lowest BCUT2D eigenvalue weighted by Gasteiger charge is -2.11. The average molecular weight is 234 g/mol. The van der Waals surface area contributed by atoms with Gasteiger partial charge < -0.3 is 14.3 Å². The first-order valence-corrected chi connectivity index (χ1v) is 5.84. The lowest BCUT2D eigenvalue weighted by atomic mass is 10.2. The number of nitrogens with one attached hydrogen (secondary N) is 1. The molecule has 0 aliphatic carbocycles. The van der Waals surface area contributed by atoms with Gasteiger partial charge in [-0.2, -0.15) is 0 Å². The van der Waals surface area contributed by atoms with Gasteiger partial charge in [-0.1, -0.05) is 0 Å². The van der Waals surface area contributed by atoms with E-state index in [0.29, 0.717) is 6.04 Å². The lowest BCUT2D eigenvalue weighted by molar-refractivity contribution is 0.456. The normalized spacial score (nSPS) is 12.8. The number of rotatable bonds is 6. The molecular formula is C12H18N4O. The smallest absolute Gasteiger partial charge is 0.133 e. The summed E-state index contributed by atoms with van der Waals surface area (Å²) in [6, 6.07) is 4.32. The highest BCUT2D eigenvalue weighted by molar-refractivity contribution is 5.00. The summed E-state index contributed by atoms with van der Waals surface area (Å²) in [5, 5.41) is 11.3. The molecule has 92 valence electrons. The van der Waals surface area contributed by atoms with Crippen LogP contribution in [0.4, 0.5) is 0 Å². The summed E-state index contributed by atoms with van der Waals surface area (Å²) in [7, 11) is 1.96. The third-order valence-corrected chi connectivity index (χ3v) is 2.73. The predicted octanol–water partition coefficient (Wildman–Crippen LogP) is 1.17. The van der Waals surface area contributed by atoms with E-state index in [4.69, 9.17) is 4.42 Å². The minimum absolute atomic E-state index is 0.398. The van der Waals surface area contributed by atoms with Gasteiger partial charge in [0.15, 0.2) is 0 Å². The van der Waals surface area contributed by atoms with Crippen LogP contribution in [0.1, 0.15) is 18.5 Å². The Hall–Kier alpha value is -1.62. The highest BCUT2D eigenvalue weighted by atomic mass is 16.3. The molecule has 5 heteroatoms. The quantitative estimate of drug-likeness (QED) is 0.815. The maximum Gasteiger partial charge on any atom is 0.133 e. The number of hydrogen-bond donors (Lipinski definition) is 1. The molecule has 17 heavy (non-hydrogen) atoms. The highest BCUT2D eigenvalue weighted by Gasteiger charge is 2.06. The van der Waals surface area contributed by atoms with E-state index in [-0.39, 0.29) is 0 Å². The largest absolute Gasteiger partial charge is 0.469 e. The molecule has 0 aliphatic rings. The van der Waals surface area contributed by atoms with Crippen LogP contribution in [0.15, 0.2) is 29.1 Å². The van der Waals surface area contributed by atoms with Crippen molar-refractivity contribution in [1.82, 2.24) is 20.1 Å². The Labute approximate surface area is 101 Å². The highest BCUT2D eigenvalue weighted by Crippen LogP contribution is 2.03. The van der Waals surface area contributed by atoms with Gasteiger partial charge in [-0.05, 0) is 19.1 Å². The van der Waals surface area contributed by atoms with E-state index in [1.807, 2.05) is 23.7 Å². The van der Waals surface area contributed by atoms with Crippen molar-refractivity contribution in [3.05, 3.63) is 36.3 Å². The first-order valence-electron chi connectivity index (χ1n) is 5.84. The lowest BCUT2D eigenvalue weighted by Crippen LogP contribution is -2.30. The molecule has 0 saturated heterocycles. The summed E-state index contributed by atoms with van der Waals surface area (Å²) in [4.78, 5) is 0. The summed E-state index contributed by atoms with van der Waals surface area (Å²) in [6.07, 6.45) is 5.23. The first kappa shape index (κ1) is 11.9. The summed E-state index contributed by atoms with van der Waals surface area (Å²) in [5.74, 6) is 2.02. The summed E-state index contributed by atoms with van der Waals surface area (Å²) >= 11 is 0. The van der Waals surface area contributed by atoms with Crippen molar-refractivity contribution >= 4 is 0 Å². The number of aromatic nitrogens is 3. The molecule has 0 radical (unpaired) electrons. The van der Waals surface area contributed by atoms with Crippen molar-refractivity contribution in [2.24, 2.45) is 7.05 Å². The summed E-state index contributed by atoms with van der Waals surface area (Å²) in [5.41, 5.74) is 0. The van der Waals surface area contributed by atoms with Crippen LogP contribution in [-0.4, -0.2) is 27.4 Å². The molecule has 0 aliphatic heterocycles. The third-order valence-electron chi connectivity index (χ3n) is 2.73. The average Bonchev–Trinajstić information content (AvgIpc) is 2.91. The second kappa shape index (κ2) is 5.63. The van der Waals surface area contributed by atoms with Gasteiger partial charge in [-0.25, -0.2) is 0 Å². The van der Waals surface area contributed by atoms with Crippen LogP contribution in [0, 0.1) is 0 Å². The van der Waals surface area contributed by atoms with Gasteiger partial charge in [0.25, 0.3) is 0 Å². The molecule has 2 aromatic heterocycles. The zero-order valence-corrected chi connectivity index (χ0v) is 10.3. The van der Waals surface area contributed by atoms with E-state index < -0.39 is 0 Å². The van der Waals surface area contributed by atoms with Crippen LogP contribution in [0.5, 0.6) is 0 Å². The molecule has 2 rings (SSSR count). The van der Waals surface area contributed by atoms with Crippen LogP contribution >= 0.6 is 0 Å². The molecular weight excluding hydrogens is 216 g/mol. The first-order chi connectivity index (χ1) is 8.25. The second-order valence-corrected chi connectivity index (χ2v) is 4.25. The van der Waals surface area contributed by atoms with Gasteiger partial charge in [0.05, 0.1) is 6.26 Å². The molecule has 0 aromatic carbocycles. The Morgan fingerprint density at radius 3 is 3.06 bits per heavy atom. The van der Waals surface area contributed by atoms with Gasteiger partial charge in [-0.15, -0.1) is 10.2 Å². The standard InChI is InChI=1S/C12H18N4O/c1-10(8-11-4-3-7-17-11)13-6-5-12-15-14-9-16(12)2/h3-4,7,9-10,13H,5-6,8H2,1-2H3. The molecule has 0 saturated carbocycles. The molecule has 0 bridgehead atoms. The van der Waals surface area contributed by atoms with Crippen molar-refractivity contribution in [3.63, 3.8) is 0 Å². The molecule has 0 amide bonds. The maximum atomic E-state index is 5.31. The van der Waals surface area contributed by atoms with E-state index in [1.54, 1.807) is 12.6 Å². The van der Waals surface area contributed by atoms with E-state index in [2.05, 4.69) is 22.4 Å². The van der Waals surface area contributed by atoms with Crippen molar-refractivity contribution in [3.8, 4) is 0 Å². The zero-order chi connectivity index (χ0) is 12.1. The topological polar surface area (TPSA) is 55.9 Å². The molecule has 0 spiro atoms. The fourth-order valence-corrected chi connectivity index (χ4v) is 1.77. The van der Waals surface area contributed by atoms with Crippen LogP contribution in [0.25, 0.3) is 0 Å². The zero-order valence-electron chi connectivity index (χ0n) is 10.3. The molecule has 5 nitrogen and oxygen atoms in total. The molecule has 0 fully saturated rings. The van der Waals surface area contributed by atoms with Gasteiger partial charge in [0, 0.05) is 32.5 Å². The minimum atomic E-state index is 0.398. The van der Waals surface area contributed by atoms with Crippen molar-refractivity contribution in [2.45, 2.75) is 25.8 Å². The van der Waals surface area contributed by atoms with Gasteiger partial charge in [0.2, 0.25) is 0 Å². The van der Waals surface area contributed by atoms with E-state index in [1.165, 1.54) is 0 Å². The Kier molecular flexibility index (Phi) is 3.93. The van der Waals surface area contributed by atoms with E-state index >= 15 is 0 Å². The number of hydrogen-bond acceptors (Lipinski definition) is 4. The fourth-order valence-electron chi connectivity index (χ4n) is 1.77. The Balaban J connectivity index is 1.70. The SMILES string of the molecule is CC(Cc1ccco1)NCCc1nncn1C. The van der Waals surface area contributed by atoms with Crippen LogP contribution < -0.4 is 5.32 Å². The van der Waals surface area contributed by atoms with Crippen LogP contribution in [0.2, 0.25) is 0 Å². The second-order valence-electron chi connectivity index (χ2n) is 4.25. The number of nitrogens with zero attached hydrogens (tertiary/aromatic N) is 3. The molecule has 1 atom stereocenters. The van der Waals surface area contributed by atoms with Crippen molar-refractivity contribution < 1.29 is 4.42 Å². The third kappa shape index (κ3) is 3.42. The minimum Gasteiger partial charge on any atom is -0.469 e. The van der Waals surface area contributed by atoms with Crippen molar-refractivity contribution in [1.29, 1.82) is 0 Å². The Morgan fingerprint density at radius 1 is 1.53 bits per heavy atom. The fraction of sp³-hybridized carbons (Fsp3) is 0.500. The maximum absolute atomic E-state index is 5.31.